The Labute approximate surface area is 371 Å². The summed E-state index contributed by atoms with van der Waals surface area (Å²) in [7, 11) is -5.06. The molecule has 358 valence electrons. The maximum Gasteiger partial charge on any atom is 0.397 e. The topological polar surface area (TPSA) is 178 Å². The minimum absolute atomic E-state index is 0.0314. The lowest BCUT2D eigenvalue weighted by atomic mass is 9.99. The molecule has 1 saturated heterocycles. The minimum Gasteiger partial charge on any atom is -0.457 e. The summed E-state index contributed by atoms with van der Waals surface area (Å²) in [6, 6.07) is 0. The van der Waals surface area contributed by atoms with Crippen molar-refractivity contribution >= 4 is 16.4 Å². The third-order valence-corrected chi connectivity index (χ3v) is 11.5. The molecule has 1 aliphatic heterocycles. The van der Waals surface area contributed by atoms with Gasteiger partial charge in [-0.25, -0.2) is 4.18 Å². The van der Waals surface area contributed by atoms with Crippen LogP contribution in [0.5, 0.6) is 0 Å². The summed E-state index contributed by atoms with van der Waals surface area (Å²) < 4.78 is 59.1. The molecule has 12 nitrogen and oxygen atoms in total. The molecule has 0 aromatic carbocycles. The average Bonchev–Trinajstić information content (AvgIpc) is 3.23. The van der Waals surface area contributed by atoms with Gasteiger partial charge in [0.05, 0.1) is 19.8 Å². The fraction of sp³-hybridized carbons (Fsp3) is 0.854. The summed E-state index contributed by atoms with van der Waals surface area (Å²) in [4.78, 5) is 12.8. The second kappa shape index (κ2) is 39.9. The van der Waals surface area contributed by atoms with E-state index in [0.717, 1.165) is 64.2 Å². The van der Waals surface area contributed by atoms with Crippen LogP contribution in [0.1, 0.15) is 200 Å². The number of aliphatic hydroxyl groups is 3. The summed E-state index contributed by atoms with van der Waals surface area (Å²) in [5.41, 5.74) is 0. The number of esters is 1. The standard InChI is InChI=1S/C48H88O12S/c1-3-5-7-9-11-13-15-17-18-19-20-21-22-23-24-25-26-28-30-32-34-36-38-56-40-42(58-44(50)37-35-33-31-29-27-16-14-12-10-8-6-4-2)41-57-48-46(52)47(60-61(53,54)55)45(51)43(39-49)59-48/h12,14-15,17,19-20,42-43,45-49,51-52H,3-11,13,16,18,21-41H2,1-2H3,(H,53,54,55)/b14-12-,17-15-,20-19-. The van der Waals surface area contributed by atoms with Crippen LogP contribution in [-0.2, 0) is 38.3 Å². The molecule has 1 fully saturated rings. The fourth-order valence-corrected chi connectivity index (χ4v) is 7.79. The Hall–Kier alpha value is -1.68. The molecule has 0 saturated carbocycles. The monoisotopic (exact) mass is 889 g/mol. The second-order valence-electron chi connectivity index (χ2n) is 16.7. The predicted molar refractivity (Wildman–Crippen MR) is 243 cm³/mol. The molecule has 0 bridgehead atoms. The average molecular weight is 889 g/mol. The van der Waals surface area contributed by atoms with E-state index < -0.39 is 59.8 Å². The summed E-state index contributed by atoms with van der Waals surface area (Å²) in [6.45, 7) is 3.94. The second-order valence-corrected chi connectivity index (χ2v) is 17.7. The minimum atomic E-state index is -5.06. The number of aliphatic hydroxyl groups excluding tert-OH is 3. The van der Waals surface area contributed by atoms with Crippen LogP contribution in [0.25, 0.3) is 0 Å². The number of hydrogen-bond acceptors (Lipinski definition) is 11. The summed E-state index contributed by atoms with van der Waals surface area (Å²) in [5, 5.41) is 30.7. The van der Waals surface area contributed by atoms with Gasteiger partial charge in [-0.3, -0.25) is 9.35 Å². The molecule has 1 heterocycles. The molecule has 0 spiro atoms. The molecule has 4 N–H and O–H groups in total. The van der Waals surface area contributed by atoms with Gasteiger partial charge in [0.25, 0.3) is 0 Å². The van der Waals surface area contributed by atoms with E-state index in [4.69, 9.17) is 23.5 Å². The van der Waals surface area contributed by atoms with Crippen molar-refractivity contribution in [1.29, 1.82) is 0 Å². The number of rotatable bonds is 42. The molecular formula is C48H88O12S. The molecule has 61 heavy (non-hydrogen) atoms. The van der Waals surface area contributed by atoms with Crippen LogP contribution in [0.4, 0.5) is 0 Å². The number of hydrogen-bond donors (Lipinski definition) is 4. The molecule has 6 unspecified atom stereocenters. The number of unbranched alkanes of at least 4 members (excludes halogenated alkanes) is 23. The van der Waals surface area contributed by atoms with E-state index in [1.807, 2.05) is 0 Å². The highest BCUT2D eigenvalue weighted by Crippen LogP contribution is 2.26. The molecular weight excluding hydrogens is 801 g/mol. The van der Waals surface area contributed by atoms with Crippen molar-refractivity contribution in [3.63, 3.8) is 0 Å². The Bertz CT molecular complexity index is 1210. The van der Waals surface area contributed by atoms with E-state index in [2.05, 4.69) is 54.5 Å². The van der Waals surface area contributed by atoms with Crippen molar-refractivity contribution in [2.45, 2.75) is 237 Å². The van der Waals surface area contributed by atoms with E-state index in [0.29, 0.717) is 13.0 Å². The number of carbonyl (C=O) groups excluding carboxylic acids is 1. The van der Waals surface area contributed by atoms with Gasteiger partial charge in [-0.2, -0.15) is 8.42 Å². The largest absolute Gasteiger partial charge is 0.457 e. The molecule has 13 heteroatoms. The van der Waals surface area contributed by atoms with Crippen LogP contribution >= 0.6 is 0 Å². The first-order valence-electron chi connectivity index (χ1n) is 24.2. The van der Waals surface area contributed by atoms with Crippen LogP contribution in [-0.4, -0.2) is 97.5 Å². The van der Waals surface area contributed by atoms with Gasteiger partial charge in [-0.1, -0.05) is 159 Å². The highest BCUT2D eigenvalue weighted by molar-refractivity contribution is 7.80. The highest BCUT2D eigenvalue weighted by atomic mass is 32.3. The van der Waals surface area contributed by atoms with Crippen LogP contribution in [0.3, 0.4) is 0 Å². The van der Waals surface area contributed by atoms with E-state index in [1.165, 1.54) is 109 Å². The van der Waals surface area contributed by atoms with E-state index in [9.17, 15) is 28.5 Å². The molecule has 1 rings (SSSR count). The van der Waals surface area contributed by atoms with Gasteiger partial charge in [-0.15, -0.1) is 0 Å². The zero-order chi connectivity index (χ0) is 44.7. The lowest BCUT2D eigenvalue weighted by Crippen LogP contribution is -2.60. The Kier molecular flexibility index (Phi) is 37.5. The maximum absolute atomic E-state index is 12.8. The predicted octanol–water partition coefficient (Wildman–Crippen LogP) is 10.6. The van der Waals surface area contributed by atoms with Crippen LogP contribution in [0, 0.1) is 0 Å². The van der Waals surface area contributed by atoms with Crippen molar-refractivity contribution in [2.75, 3.05) is 26.4 Å². The zero-order valence-corrected chi connectivity index (χ0v) is 39.0. The van der Waals surface area contributed by atoms with Gasteiger partial charge >= 0.3 is 16.4 Å². The van der Waals surface area contributed by atoms with E-state index >= 15 is 0 Å². The van der Waals surface area contributed by atoms with Crippen molar-refractivity contribution in [3.8, 4) is 0 Å². The number of ether oxygens (including phenoxy) is 4. The van der Waals surface area contributed by atoms with Gasteiger partial charge in [0.15, 0.2) is 6.29 Å². The fourth-order valence-electron chi connectivity index (χ4n) is 7.29. The van der Waals surface area contributed by atoms with Gasteiger partial charge < -0.3 is 34.3 Å². The van der Waals surface area contributed by atoms with E-state index in [-0.39, 0.29) is 19.6 Å². The van der Waals surface area contributed by atoms with Gasteiger partial charge in [0, 0.05) is 13.0 Å². The number of carbonyl (C=O) groups is 1. The Balaban J connectivity index is 2.35. The first-order valence-corrected chi connectivity index (χ1v) is 25.6. The van der Waals surface area contributed by atoms with Crippen molar-refractivity contribution in [3.05, 3.63) is 36.5 Å². The lowest BCUT2D eigenvalue weighted by molar-refractivity contribution is -0.301. The maximum atomic E-state index is 12.8. The molecule has 6 atom stereocenters. The molecule has 0 aromatic heterocycles. The first kappa shape index (κ1) is 57.3. The lowest BCUT2D eigenvalue weighted by Gasteiger charge is -2.41. The smallest absolute Gasteiger partial charge is 0.397 e. The SMILES string of the molecule is CCCCC/C=C\CCCCCCCC(=O)OC(COCCCCCCCCCCCC/C=C\C/C=C\CCCCCCC)COC1OC(CO)C(O)C(OS(=O)(=O)O)C1O. The van der Waals surface area contributed by atoms with E-state index in [1.54, 1.807) is 0 Å². The van der Waals surface area contributed by atoms with Crippen molar-refractivity contribution in [1.82, 2.24) is 0 Å². The Morgan fingerprint density at radius 2 is 1.08 bits per heavy atom. The van der Waals surface area contributed by atoms with Crippen molar-refractivity contribution < 1.29 is 56.2 Å². The quantitative estimate of drug-likeness (QED) is 0.0198. The van der Waals surface area contributed by atoms with Crippen LogP contribution < -0.4 is 0 Å². The highest BCUT2D eigenvalue weighted by Gasteiger charge is 2.48. The summed E-state index contributed by atoms with van der Waals surface area (Å²) in [5.74, 6) is -0.410. The normalized spacial score (nSPS) is 20.4. The molecule has 1 aliphatic rings. The van der Waals surface area contributed by atoms with Gasteiger partial charge in [0.2, 0.25) is 0 Å². The third-order valence-electron chi connectivity index (χ3n) is 11.0. The summed E-state index contributed by atoms with van der Waals surface area (Å²) in [6.07, 6.45) is 37.5. The molecule has 0 radical (unpaired) electrons. The molecule has 0 aromatic rings. The Morgan fingerprint density at radius 1 is 0.623 bits per heavy atom. The number of allylic oxidation sites excluding steroid dienone is 6. The summed E-state index contributed by atoms with van der Waals surface area (Å²) >= 11 is 0. The zero-order valence-electron chi connectivity index (χ0n) is 38.2. The van der Waals surface area contributed by atoms with Gasteiger partial charge in [-0.05, 0) is 70.6 Å². The Morgan fingerprint density at radius 3 is 1.61 bits per heavy atom. The first-order chi connectivity index (χ1) is 29.6. The van der Waals surface area contributed by atoms with Crippen LogP contribution in [0.15, 0.2) is 36.5 Å². The third kappa shape index (κ3) is 33.5. The molecule has 0 amide bonds. The van der Waals surface area contributed by atoms with Gasteiger partial charge in [0.1, 0.15) is 30.5 Å². The van der Waals surface area contributed by atoms with Crippen molar-refractivity contribution in [2.24, 2.45) is 0 Å². The van der Waals surface area contributed by atoms with Crippen LogP contribution in [0.2, 0.25) is 0 Å². The molecule has 0 aliphatic carbocycles.